The van der Waals surface area contributed by atoms with Gasteiger partial charge in [0.25, 0.3) is 0 Å². The first-order valence-corrected chi connectivity index (χ1v) is 6.88. The zero-order chi connectivity index (χ0) is 14.1. The number of fused-ring (bicyclic) bond motifs is 1. The number of hydrogen-bond donors (Lipinski definition) is 2. The molecule has 0 saturated heterocycles. The Morgan fingerprint density at radius 3 is 3.00 bits per heavy atom. The Bertz CT molecular complexity index is 693. The average molecular weight is 272 g/mol. The molecule has 0 saturated carbocycles. The minimum absolute atomic E-state index is 0.0636. The number of anilines is 1. The zero-order valence-corrected chi connectivity index (χ0v) is 11.4. The summed E-state index contributed by atoms with van der Waals surface area (Å²) in [7, 11) is 0. The molecule has 104 valence electrons. The lowest BCUT2D eigenvalue weighted by Gasteiger charge is -2.27. The number of hydrogen-bond acceptors (Lipinski definition) is 2. The highest BCUT2D eigenvalue weighted by Gasteiger charge is 2.21. The lowest BCUT2D eigenvalue weighted by molar-refractivity contribution is 0.585. The van der Waals surface area contributed by atoms with Crippen molar-refractivity contribution in [3.8, 4) is 0 Å². The van der Waals surface area contributed by atoms with Gasteiger partial charge in [-0.15, -0.1) is 0 Å². The molecule has 3 rings (SSSR count). The predicted molar refractivity (Wildman–Crippen MR) is 77.5 cm³/mol. The number of aromatic nitrogens is 1. The van der Waals surface area contributed by atoms with Crippen LogP contribution < -0.4 is 10.9 Å². The van der Waals surface area contributed by atoms with Crippen molar-refractivity contribution < 1.29 is 4.39 Å². The van der Waals surface area contributed by atoms with E-state index < -0.39 is 0 Å². The first-order valence-electron chi connectivity index (χ1n) is 6.88. The largest absolute Gasteiger partial charge is 0.378 e. The van der Waals surface area contributed by atoms with E-state index in [4.69, 9.17) is 0 Å². The van der Waals surface area contributed by atoms with E-state index in [1.165, 1.54) is 12.1 Å². The summed E-state index contributed by atoms with van der Waals surface area (Å²) in [5.41, 5.74) is 3.87. The van der Waals surface area contributed by atoms with E-state index >= 15 is 0 Å². The third-order valence-electron chi connectivity index (χ3n) is 3.86. The summed E-state index contributed by atoms with van der Waals surface area (Å²) in [5.74, 6) is -0.240. The van der Waals surface area contributed by atoms with E-state index in [9.17, 15) is 9.18 Å². The van der Waals surface area contributed by atoms with Crippen molar-refractivity contribution in [1.82, 2.24) is 4.98 Å². The average Bonchev–Trinajstić information content (AvgIpc) is 2.43. The van der Waals surface area contributed by atoms with Crippen molar-refractivity contribution in [3.63, 3.8) is 0 Å². The molecule has 20 heavy (non-hydrogen) atoms. The number of aromatic amines is 1. The van der Waals surface area contributed by atoms with Gasteiger partial charge in [0.05, 0.1) is 6.04 Å². The van der Waals surface area contributed by atoms with Crippen molar-refractivity contribution in [2.45, 2.75) is 32.2 Å². The number of aryl methyl sites for hydroxylation is 2. The van der Waals surface area contributed by atoms with Crippen LogP contribution >= 0.6 is 0 Å². The number of nitrogens with one attached hydrogen (secondary N) is 2. The Balaban J connectivity index is 1.93. The van der Waals surface area contributed by atoms with Crippen LogP contribution in [0.3, 0.4) is 0 Å². The van der Waals surface area contributed by atoms with E-state index in [-0.39, 0.29) is 17.4 Å². The smallest absolute Gasteiger partial charge is 0.248 e. The Labute approximate surface area is 116 Å². The summed E-state index contributed by atoms with van der Waals surface area (Å²) in [6.07, 6.45) is 2.89. The molecule has 1 aliphatic rings. The molecule has 1 atom stereocenters. The molecule has 0 amide bonds. The van der Waals surface area contributed by atoms with Crippen molar-refractivity contribution in [3.05, 3.63) is 63.3 Å². The number of benzene rings is 1. The third kappa shape index (κ3) is 2.46. The van der Waals surface area contributed by atoms with Crippen molar-refractivity contribution in [1.29, 1.82) is 0 Å². The monoisotopic (exact) mass is 272 g/mol. The summed E-state index contributed by atoms with van der Waals surface area (Å²) in [6.45, 7) is 1.96. The lowest BCUT2D eigenvalue weighted by atomic mass is 9.91. The summed E-state index contributed by atoms with van der Waals surface area (Å²) >= 11 is 0. The fourth-order valence-corrected chi connectivity index (χ4v) is 2.79. The van der Waals surface area contributed by atoms with Crippen molar-refractivity contribution >= 4 is 5.69 Å². The highest BCUT2D eigenvalue weighted by molar-refractivity contribution is 5.52. The molecule has 0 fully saturated rings. The van der Waals surface area contributed by atoms with Crippen LogP contribution in [0, 0.1) is 12.7 Å². The Hall–Kier alpha value is -2.10. The van der Waals surface area contributed by atoms with E-state index in [0.717, 1.165) is 41.8 Å². The summed E-state index contributed by atoms with van der Waals surface area (Å²) in [5, 5.41) is 3.40. The molecular formula is C16H17FN2O. The second-order valence-corrected chi connectivity index (χ2v) is 5.30. The highest BCUT2D eigenvalue weighted by atomic mass is 19.1. The zero-order valence-electron chi connectivity index (χ0n) is 11.4. The van der Waals surface area contributed by atoms with Gasteiger partial charge in [-0.1, -0.05) is 6.07 Å². The first-order chi connectivity index (χ1) is 9.63. The van der Waals surface area contributed by atoms with E-state index in [0.29, 0.717) is 0 Å². The van der Waals surface area contributed by atoms with E-state index in [1.54, 1.807) is 12.1 Å². The fourth-order valence-electron chi connectivity index (χ4n) is 2.79. The van der Waals surface area contributed by atoms with Gasteiger partial charge in [-0.3, -0.25) is 4.79 Å². The third-order valence-corrected chi connectivity index (χ3v) is 3.86. The summed E-state index contributed by atoms with van der Waals surface area (Å²) in [6, 6.07) is 8.31. The van der Waals surface area contributed by atoms with Crippen LogP contribution in [0.2, 0.25) is 0 Å². The normalized spacial score (nSPS) is 17.6. The molecule has 1 aromatic heterocycles. The van der Waals surface area contributed by atoms with Gasteiger partial charge in [-0.2, -0.15) is 0 Å². The van der Waals surface area contributed by atoms with Gasteiger partial charge in [0.1, 0.15) is 5.82 Å². The highest BCUT2D eigenvalue weighted by Crippen LogP contribution is 2.31. The Morgan fingerprint density at radius 2 is 2.15 bits per heavy atom. The van der Waals surface area contributed by atoms with Crippen LogP contribution in [0.25, 0.3) is 0 Å². The van der Waals surface area contributed by atoms with Gasteiger partial charge in [0.15, 0.2) is 0 Å². The fraction of sp³-hybridized carbons (Fsp3) is 0.312. The van der Waals surface area contributed by atoms with Gasteiger partial charge in [-0.05, 0) is 55.5 Å². The molecule has 0 radical (unpaired) electrons. The molecule has 1 unspecified atom stereocenters. The quantitative estimate of drug-likeness (QED) is 0.881. The molecular weight excluding hydrogens is 255 g/mol. The maximum Gasteiger partial charge on any atom is 0.248 e. The Morgan fingerprint density at radius 1 is 1.30 bits per heavy atom. The summed E-state index contributed by atoms with van der Waals surface area (Å²) < 4.78 is 13.4. The molecule has 3 nitrogen and oxygen atoms in total. The van der Waals surface area contributed by atoms with Crippen LogP contribution in [0.4, 0.5) is 10.1 Å². The van der Waals surface area contributed by atoms with Gasteiger partial charge in [0.2, 0.25) is 5.56 Å². The molecule has 1 heterocycles. The van der Waals surface area contributed by atoms with Crippen LogP contribution in [0.5, 0.6) is 0 Å². The van der Waals surface area contributed by atoms with Crippen molar-refractivity contribution in [2.24, 2.45) is 0 Å². The molecule has 2 aromatic rings. The van der Waals surface area contributed by atoms with Gasteiger partial charge in [-0.25, -0.2) is 4.39 Å². The topological polar surface area (TPSA) is 44.9 Å². The van der Waals surface area contributed by atoms with E-state index in [2.05, 4.69) is 10.3 Å². The number of pyridine rings is 1. The molecule has 0 spiro atoms. The Kier molecular flexibility index (Phi) is 3.30. The maximum atomic E-state index is 13.4. The second-order valence-electron chi connectivity index (χ2n) is 5.30. The van der Waals surface area contributed by atoms with Gasteiger partial charge in [0, 0.05) is 17.4 Å². The lowest BCUT2D eigenvalue weighted by Crippen LogP contribution is -2.21. The molecule has 0 bridgehead atoms. The minimum atomic E-state index is -0.240. The first kappa shape index (κ1) is 12.9. The van der Waals surface area contributed by atoms with Crippen LogP contribution in [-0.2, 0) is 6.42 Å². The molecule has 4 heteroatoms. The van der Waals surface area contributed by atoms with Crippen LogP contribution in [0.1, 0.15) is 35.7 Å². The maximum absolute atomic E-state index is 13.4. The number of rotatable bonds is 2. The predicted octanol–water partition coefficient (Wildman–Crippen LogP) is 3.31. The SMILES string of the molecule is Cc1ccc(F)cc1NC1CCCc2[nH]c(=O)ccc21. The minimum Gasteiger partial charge on any atom is -0.378 e. The van der Waals surface area contributed by atoms with Gasteiger partial charge >= 0.3 is 0 Å². The number of halogens is 1. The molecule has 0 aliphatic heterocycles. The molecule has 1 aliphatic carbocycles. The summed E-state index contributed by atoms with van der Waals surface area (Å²) in [4.78, 5) is 14.3. The van der Waals surface area contributed by atoms with Crippen molar-refractivity contribution in [2.75, 3.05) is 5.32 Å². The van der Waals surface area contributed by atoms with Gasteiger partial charge < -0.3 is 10.3 Å². The molecule has 1 aromatic carbocycles. The van der Waals surface area contributed by atoms with Crippen LogP contribution in [0.15, 0.2) is 35.1 Å². The molecule has 2 N–H and O–H groups in total. The second kappa shape index (κ2) is 5.12. The number of H-pyrrole nitrogens is 1. The van der Waals surface area contributed by atoms with Crippen LogP contribution in [-0.4, -0.2) is 4.98 Å². The van der Waals surface area contributed by atoms with E-state index in [1.807, 2.05) is 13.0 Å². The standard InChI is InChI=1S/C16H17FN2O/c1-10-5-6-11(17)9-15(10)18-13-3-2-4-14-12(13)7-8-16(20)19-14/h5-9,13,18H,2-4H2,1H3,(H,19,20).